The molecule has 2 aromatic rings. The van der Waals surface area contributed by atoms with Crippen molar-refractivity contribution in [2.75, 3.05) is 11.3 Å². The molecule has 0 aliphatic heterocycles. The van der Waals surface area contributed by atoms with Crippen LogP contribution in [0.3, 0.4) is 0 Å². The van der Waals surface area contributed by atoms with Crippen LogP contribution >= 0.6 is 11.6 Å². The fraction of sp³-hybridized carbons (Fsp3) is 0.176. The predicted octanol–water partition coefficient (Wildman–Crippen LogP) is 4.54. The summed E-state index contributed by atoms with van der Waals surface area (Å²) in [6.07, 6.45) is 2.43. The van der Waals surface area contributed by atoms with Gasteiger partial charge in [0.1, 0.15) is 5.75 Å². The molecule has 2 aromatic carbocycles. The monoisotopic (exact) mass is 351 g/mol. The van der Waals surface area contributed by atoms with E-state index in [1.165, 1.54) is 6.08 Å². The van der Waals surface area contributed by atoms with Gasteiger partial charge < -0.3 is 4.74 Å². The fourth-order valence-electron chi connectivity index (χ4n) is 1.78. The van der Waals surface area contributed by atoms with Crippen molar-refractivity contribution in [3.8, 4) is 5.75 Å². The van der Waals surface area contributed by atoms with Gasteiger partial charge in [-0.1, -0.05) is 30.7 Å². The average Bonchev–Trinajstić information content (AvgIpc) is 2.53. The zero-order chi connectivity index (χ0) is 16.7. The summed E-state index contributed by atoms with van der Waals surface area (Å²) in [5.74, 6) is 0.714. The Hall–Kier alpha value is -1.98. The maximum Gasteiger partial charge on any atom is 0.255 e. The number of rotatable bonds is 7. The van der Waals surface area contributed by atoms with Crippen molar-refractivity contribution < 1.29 is 13.2 Å². The first-order chi connectivity index (χ1) is 11.0. The molecule has 0 unspecified atom stereocenters. The summed E-state index contributed by atoms with van der Waals surface area (Å²) in [7, 11) is -3.58. The van der Waals surface area contributed by atoms with Crippen LogP contribution in [0.1, 0.15) is 18.9 Å². The number of nitrogens with one attached hydrogen (secondary N) is 1. The van der Waals surface area contributed by atoms with E-state index in [9.17, 15) is 8.42 Å². The van der Waals surface area contributed by atoms with Gasteiger partial charge in [-0.2, -0.15) is 0 Å². The maximum absolute atomic E-state index is 12.0. The number of sulfonamides is 1. The van der Waals surface area contributed by atoms with Crippen LogP contribution in [-0.4, -0.2) is 15.0 Å². The molecule has 0 amide bonds. The second kappa shape index (κ2) is 8.04. The summed E-state index contributed by atoms with van der Waals surface area (Å²) in [5, 5.41) is 1.73. The van der Waals surface area contributed by atoms with Crippen molar-refractivity contribution in [3.05, 3.63) is 64.5 Å². The minimum Gasteiger partial charge on any atom is -0.494 e. The van der Waals surface area contributed by atoms with Crippen LogP contribution < -0.4 is 9.46 Å². The molecule has 0 bridgehead atoms. The molecule has 0 spiro atoms. The number of ether oxygens (including phenoxy) is 1. The van der Waals surface area contributed by atoms with Gasteiger partial charge in [0.2, 0.25) is 0 Å². The van der Waals surface area contributed by atoms with E-state index in [1.807, 2.05) is 6.92 Å². The van der Waals surface area contributed by atoms with Gasteiger partial charge in [0, 0.05) is 10.7 Å². The van der Waals surface area contributed by atoms with Crippen molar-refractivity contribution >= 4 is 33.4 Å². The minimum atomic E-state index is -3.58. The lowest BCUT2D eigenvalue weighted by Gasteiger charge is -2.07. The Balaban J connectivity index is 2.01. The lowest BCUT2D eigenvalue weighted by atomic mass is 10.2. The molecule has 0 heterocycles. The Morgan fingerprint density at radius 1 is 1.09 bits per heavy atom. The van der Waals surface area contributed by atoms with Crippen LogP contribution in [-0.2, 0) is 10.0 Å². The van der Waals surface area contributed by atoms with Crippen LogP contribution in [0.25, 0.3) is 6.08 Å². The number of benzene rings is 2. The van der Waals surface area contributed by atoms with Gasteiger partial charge in [-0.25, -0.2) is 8.42 Å². The van der Waals surface area contributed by atoms with Gasteiger partial charge >= 0.3 is 0 Å². The third kappa shape index (κ3) is 5.96. The number of halogens is 1. The largest absolute Gasteiger partial charge is 0.494 e. The van der Waals surface area contributed by atoms with E-state index in [0.717, 1.165) is 17.4 Å². The third-order valence-electron chi connectivity index (χ3n) is 2.90. The predicted molar refractivity (Wildman–Crippen MR) is 95.3 cm³/mol. The van der Waals surface area contributed by atoms with Gasteiger partial charge in [0.05, 0.1) is 12.0 Å². The van der Waals surface area contributed by atoms with E-state index < -0.39 is 10.0 Å². The van der Waals surface area contributed by atoms with Crippen LogP contribution in [0.4, 0.5) is 5.69 Å². The first-order valence-electron chi connectivity index (χ1n) is 7.18. The molecule has 122 valence electrons. The van der Waals surface area contributed by atoms with E-state index in [4.69, 9.17) is 16.3 Å². The zero-order valence-corrected chi connectivity index (χ0v) is 14.3. The molecule has 0 aromatic heterocycles. The van der Waals surface area contributed by atoms with Gasteiger partial charge in [-0.05, 0) is 54.5 Å². The van der Waals surface area contributed by atoms with Crippen LogP contribution in [0.5, 0.6) is 5.75 Å². The smallest absolute Gasteiger partial charge is 0.255 e. The number of hydrogen-bond acceptors (Lipinski definition) is 3. The summed E-state index contributed by atoms with van der Waals surface area (Å²) in [4.78, 5) is 0. The minimum absolute atomic E-state index is 0.481. The number of hydrogen-bond donors (Lipinski definition) is 1. The molecule has 0 saturated carbocycles. The Bertz CT molecular complexity index is 753. The van der Waals surface area contributed by atoms with Crippen LogP contribution in [0.2, 0.25) is 5.02 Å². The molecule has 2 rings (SSSR count). The molecule has 23 heavy (non-hydrogen) atoms. The normalized spacial score (nSPS) is 11.6. The van der Waals surface area contributed by atoms with Gasteiger partial charge in [-0.3, -0.25) is 4.72 Å². The van der Waals surface area contributed by atoms with Crippen molar-refractivity contribution in [2.45, 2.75) is 13.3 Å². The molecule has 0 aliphatic rings. The summed E-state index contributed by atoms with van der Waals surface area (Å²) in [5.41, 5.74) is 1.23. The van der Waals surface area contributed by atoms with Gasteiger partial charge in [0.15, 0.2) is 0 Å². The van der Waals surface area contributed by atoms with E-state index in [-0.39, 0.29) is 0 Å². The maximum atomic E-state index is 12.0. The molecular formula is C17H18ClNO3S. The second-order valence-electron chi connectivity index (χ2n) is 4.87. The molecule has 1 N–H and O–H groups in total. The summed E-state index contributed by atoms with van der Waals surface area (Å²) in [6, 6.07) is 13.7. The standard InChI is InChI=1S/C17H18ClNO3S/c1-2-12-22-17-9-7-16(8-10-17)19-23(20,21)13-11-14-3-5-15(18)6-4-14/h3-11,13,19H,2,12H2,1H3/b13-11+. The Kier molecular flexibility index (Phi) is 6.07. The quantitative estimate of drug-likeness (QED) is 0.796. The Labute approximate surface area is 141 Å². The average molecular weight is 352 g/mol. The summed E-state index contributed by atoms with van der Waals surface area (Å²) in [6.45, 7) is 2.66. The van der Waals surface area contributed by atoms with E-state index in [0.29, 0.717) is 23.1 Å². The second-order valence-corrected chi connectivity index (χ2v) is 6.88. The van der Waals surface area contributed by atoms with Crippen molar-refractivity contribution in [2.24, 2.45) is 0 Å². The van der Waals surface area contributed by atoms with Gasteiger partial charge in [0.25, 0.3) is 10.0 Å². The Morgan fingerprint density at radius 3 is 2.35 bits per heavy atom. The molecule has 4 nitrogen and oxygen atoms in total. The lowest BCUT2D eigenvalue weighted by molar-refractivity contribution is 0.317. The highest BCUT2D eigenvalue weighted by atomic mass is 35.5. The van der Waals surface area contributed by atoms with Crippen LogP contribution in [0.15, 0.2) is 53.9 Å². The van der Waals surface area contributed by atoms with Crippen LogP contribution in [0, 0.1) is 0 Å². The summed E-state index contributed by atoms with van der Waals surface area (Å²) >= 11 is 5.79. The topological polar surface area (TPSA) is 55.4 Å². The molecule has 0 aliphatic carbocycles. The Morgan fingerprint density at radius 2 is 1.74 bits per heavy atom. The SMILES string of the molecule is CCCOc1ccc(NS(=O)(=O)/C=C/c2ccc(Cl)cc2)cc1. The van der Waals surface area contributed by atoms with E-state index >= 15 is 0 Å². The van der Waals surface area contributed by atoms with Crippen molar-refractivity contribution in [1.82, 2.24) is 0 Å². The molecule has 0 saturated heterocycles. The van der Waals surface area contributed by atoms with E-state index in [2.05, 4.69) is 4.72 Å². The molecular weight excluding hydrogens is 334 g/mol. The van der Waals surface area contributed by atoms with Gasteiger partial charge in [-0.15, -0.1) is 0 Å². The molecule has 0 radical (unpaired) electrons. The first kappa shape index (κ1) is 17.4. The number of anilines is 1. The summed E-state index contributed by atoms with van der Waals surface area (Å²) < 4.78 is 32.0. The molecule has 0 atom stereocenters. The lowest BCUT2D eigenvalue weighted by Crippen LogP contribution is -2.08. The molecule has 0 fully saturated rings. The highest BCUT2D eigenvalue weighted by molar-refractivity contribution is 7.95. The highest BCUT2D eigenvalue weighted by Crippen LogP contribution is 2.18. The fourth-order valence-corrected chi connectivity index (χ4v) is 2.77. The molecule has 6 heteroatoms. The van der Waals surface area contributed by atoms with E-state index in [1.54, 1.807) is 48.5 Å². The zero-order valence-electron chi connectivity index (χ0n) is 12.7. The highest BCUT2D eigenvalue weighted by Gasteiger charge is 2.05. The van der Waals surface area contributed by atoms with Crippen molar-refractivity contribution in [1.29, 1.82) is 0 Å². The third-order valence-corrected chi connectivity index (χ3v) is 4.16. The first-order valence-corrected chi connectivity index (χ1v) is 9.10. The van der Waals surface area contributed by atoms with Crippen molar-refractivity contribution in [3.63, 3.8) is 0 Å².